The zero-order chi connectivity index (χ0) is 0. The Kier molecular flexibility index (Phi) is 5700. The number of hydrogen-bond donors (Lipinski definition) is 0. The number of hydrogen-bond acceptors (Lipinski definition) is 0. The SMILES string of the molecule is [Ag].[CH3-].[CH3-].[CH3-].[CH3-]. The molecule has 0 saturated heterocycles. The Morgan fingerprint density at radius 2 is 0.400 bits per heavy atom. The van der Waals surface area contributed by atoms with E-state index in [2.05, 4.69) is 0 Å². The van der Waals surface area contributed by atoms with Gasteiger partial charge in [-0.05, 0) is 0 Å². The fraction of sp³-hybridized carbons (Fsp3) is 0. The molecule has 0 heterocycles. The molecule has 1 radical (unpaired) electrons. The van der Waals surface area contributed by atoms with E-state index in [1.165, 1.54) is 0 Å². The van der Waals surface area contributed by atoms with Gasteiger partial charge in [0.1, 0.15) is 0 Å². The van der Waals surface area contributed by atoms with Crippen molar-refractivity contribution in [1.29, 1.82) is 0 Å². The van der Waals surface area contributed by atoms with Crippen LogP contribution in [0.25, 0.3) is 0 Å². The molecule has 0 aliphatic heterocycles. The molecule has 0 aliphatic rings. The third-order valence-electron chi connectivity index (χ3n) is 0. The van der Waals surface area contributed by atoms with Crippen LogP contribution >= 0.6 is 0 Å². The van der Waals surface area contributed by atoms with Crippen LogP contribution in [0.1, 0.15) is 0 Å². The van der Waals surface area contributed by atoms with Gasteiger partial charge in [0.25, 0.3) is 0 Å². The van der Waals surface area contributed by atoms with Crippen LogP contribution < -0.4 is 0 Å². The molecule has 0 spiro atoms. The van der Waals surface area contributed by atoms with E-state index < -0.39 is 0 Å². The smallest absolute Gasteiger partial charge is 0 e. The maximum Gasteiger partial charge on any atom is 0 e. The van der Waals surface area contributed by atoms with E-state index in [-0.39, 0.29) is 52.1 Å². The first kappa shape index (κ1) is 235. The molecule has 1 heteroatoms. The zero-order valence-electron chi connectivity index (χ0n) is 4.30. The fourth-order valence-electron chi connectivity index (χ4n) is 0. The summed E-state index contributed by atoms with van der Waals surface area (Å²) in [5.74, 6) is 0. The predicted octanol–water partition coefficient (Wildman–Crippen LogP) is 1.80. The van der Waals surface area contributed by atoms with Crippen LogP contribution in [0, 0.1) is 29.7 Å². The summed E-state index contributed by atoms with van der Waals surface area (Å²) < 4.78 is 0. The van der Waals surface area contributed by atoms with E-state index >= 15 is 0 Å². The molecule has 0 nitrogen and oxygen atoms in total. The zero-order valence-corrected chi connectivity index (χ0v) is 5.78. The van der Waals surface area contributed by atoms with Gasteiger partial charge in [-0.3, -0.25) is 0 Å². The van der Waals surface area contributed by atoms with Crippen LogP contribution in [0.3, 0.4) is 0 Å². The van der Waals surface area contributed by atoms with Crippen molar-refractivity contribution in [3.8, 4) is 0 Å². The molecule has 0 N–H and O–H groups in total. The molecule has 0 bridgehead atoms. The average molecular weight is 168 g/mol. The molecular formula is C4H12Ag-4. The monoisotopic (exact) mass is 167 g/mol. The molecule has 43 valence electrons. The third kappa shape index (κ3) is 65.0. The van der Waals surface area contributed by atoms with Gasteiger partial charge >= 0.3 is 0 Å². The van der Waals surface area contributed by atoms with Gasteiger partial charge in [0.15, 0.2) is 0 Å². The molecule has 0 amide bonds. The molecule has 0 aromatic heterocycles. The Morgan fingerprint density at radius 1 is 0.400 bits per heavy atom. The summed E-state index contributed by atoms with van der Waals surface area (Å²) in [5.41, 5.74) is 0. The van der Waals surface area contributed by atoms with E-state index in [4.69, 9.17) is 0 Å². The Labute approximate surface area is 52.5 Å². The van der Waals surface area contributed by atoms with Crippen LogP contribution in [0.2, 0.25) is 0 Å². The van der Waals surface area contributed by atoms with Gasteiger partial charge in [-0.25, -0.2) is 0 Å². The van der Waals surface area contributed by atoms with Crippen molar-refractivity contribution in [1.82, 2.24) is 0 Å². The normalized spacial score (nSPS) is 0. The van der Waals surface area contributed by atoms with Crippen molar-refractivity contribution >= 4 is 0 Å². The van der Waals surface area contributed by atoms with Gasteiger partial charge in [0, 0.05) is 22.4 Å². The van der Waals surface area contributed by atoms with Crippen LogP contribution in [0.5, 0.6) is 0 Å². The second-order valence-corrected chi connectivity index (χ2v) is 0. The summed E-state index contributed by atoms with van der Waals surface area (Å²) in [6.07, 6.45) is 0. The van der Waals surface area contributed by atoms with Crippen molar-refractivity contribution in [2.24, 2.45) is 0 Å². The fourth-order valence-corrected chi connectivity index (χ4v) is 0. The Morgan fingerprint density at radius 3 is 0.400 bits per heavy atom. The molecule has 0 aromatic rings. The Bertz CT molecular complexity index is 3.61. The minimum absolute atomic E-state index is 0. The summed E-state index contributed by atoms with van der Waals surface area (Å²) in [5, 5.41) is 0. The average Bonchev–Trinajstić information content (AvgIpc) is 0. The van der Waals surface area contributed by atoms with Gasteiger partial charge in [-0.1, -0.05) is 0 Å². The molecule has 0 unspecified atom stereocenters. The van der Waals surface area contributed by atoms with Gasteiger partial charge in [0.2, 0.25) is 0 Å². The van der Waals surface area contributed by atoms with E-state index in [0.717, 1.165) is 0 Å². The maximum absolute atomic E-state index is 0. The van der Waals surface area contributed by atoms with E-state index in [0.29, 0.717) is 0 Å². The molecule has 0 saturated carbocycles. The maximum atomic E-state index is 0. The number of rotatable bonds is 0. The molecule has 0 aliphatic carbocycles. The summed E-state index contributed by atoms with van der Waals surface area (Å²) in [4.78, 5) is 0. The van der Waals surface area contributed by atoms with Gasteiger partial charge < -0.3 is 29.7 Å². The van der Waals surface area contributed by atoms with Crippen LogP contribution in [0.4, 0.5) is 0 Å². The van der Waals surface area contributed by atoms with E-state index in [1.54, 1.807) is 0 Å². The molecule has 0 atom stereocenters. The Balaban J connectivity index is 0. The van der Waals surface area contributed by atoms with Gasteiger partial charge in [0.05, 0.1) is 0 Å². The standard InChI is InChI=1S/4CH3.Ag/h4*1H3;/q4*-1;. The molecule has 0 rings (SSSR count). The van der Waals surface area contributed by atoms with Crippen molar-refractivity contribution in [3.63, 3.8) is 0 Å². The third-order valence-corrected chi connectivity index (χ3v) is 0. The summed E-state index contributed by atoms with van der Waals surface area (Å²) in [6.45, 7) is 0. The largest absolute Gasteiger partial charge is 0.358 e. The van der Waals surface area contributed by atoms with Crippen molar-refractivity contribution in [2.45, 2.75) is 0 Å². The minimum atomic E-state index is 0. The van der Waals surface area contributed by atoms with Crippen molar-refractivity contribution in [3.05, 3.63) is 29.7 Å². The molecule has 0 aromatic carbocycles. The van der Waals surface area contributed by atoms with Crippen molar-refractivity contribution in [2.75, 3.05) is 0 Å². The Hall–Kier alpha value is 0.740. The summed E-state index contributed by atoms with van der Waals surface area (Å²) in [6, 6.07) is 0. The van der Waals surface area contributed by atoms with Crippen LogP contribution in [-0.4, -0.2) is 0 Å². The first-order chi connectivity index (χ1) is 0. The van der Waals surface area contributed by atoms with E-state index in [1.807, 2.05) is 0 Å². The molecule has 5 heavy (non-hydrogen) atoms. The predicted molar refractivity (Wildman–Crippen MR) is 25.7 cm³/mol. The quantitative estimate of drug-likeness (QED) is 0.382. The minimum Gasteiger partial charge on any atom is -0.358 e. The van der Waals surface area contributed by atoms with Gasteiger partial charge in [-0.2, -0.15) is 0 Å². The van der Waals surface area contributed by atoms with E-state index in [9.17, 15) is 0 Å². The molecule has 0 fully saturated rings. The van der Waals surface area contributed by atoms with Gasteiger partial charge in [-0.15, -0.1) is 0 Å². The summed E-state index contributed by atoms with van der Waals surface area (Å²) >= 11 is 0. The second-order valence-electron chi connectivity index (χ2n) is 0. The first-order valence-electron chi connectivity index (χ1n) is 0. The second kappa shape index (κ2) is 121. The molecular weight excluding hydrogens is 156 g/mol. The summed E-state index contributed by atoms with van der Waals surface area (Å²) in [7, 11) is 0. The van der Waals surface area contributed by atoms with Crippen LogP contribution in [0.15, 0.2) is 0 Å². The van der Waals surface area contributed by atoms with Crippen molar-refractivity contribution < 1.29 is 22.4 Å². The first-order valence-corrected chi connectivity index (χ1v) is 0. The topological polar surface area (TPSA) is 0 Å². The van der Waals surface area contributed by atoms with Crippen LogP contribution in [-0.2, 0) is 22.4 Å².